The largest absolute Gasteiger partial charge is 0.331 e. The molecule has 2 fully saturated rings. The summed E-state index contributed by atoms with van der Waals surface area (Å²) in [4.78, 5) is 42.3. The maximum Gasteiger partial charge on any atom is 0.327 e. The fraction of sp³-hybridized carbons (Fsp3) is 0.400. The SMILES string of the molecule is CN1C(=O)N(Cc2ccc(-c3ccc4c(c3)CN(C3CCC3)C4=O)cc2)C(C)(C)C1=O. The highest BCUT2D eigenvalue weighted by Crippen LogP contribution is 2.35. The van der Waals surface area contributed by atoms with Gasteiger partial charge in [-0.05, 0) is 67.5 Å². The highest BCUT2D eigenvalue weighted by Gasteiger charge is 2.49. The molecule has 1 aliphatic carbocycles. The van der Waals surface area contributed by atoms with Crippen LogP contribution < -0.4 is 0 Å². The quantitative estimate of drug-likeness (QED) is 0.706. The Balaban J connectivity index is 1.34. The van der Waals surface area contributed by atoms with Gasteiger partial charge in [0.25, 0.3) is 11.8 Å². The number of rotatable bonds is 4. The van der Waals surface area contributed by atoms with Crippen molar-refractivity contribution in [1.82, 2.24) is 14.7 Å². The van der Waals surface area contributed by atoms with Crippen LogP contribution in [0.5, 0.6) is 0 Å². The van der Waals surface area contributed by atoms with Gasteiger partial charge < -0.3 is 9.80 Å². The maximum absolute atomic E-state index is 12.7. The van der Waals surface area contributed by atoms with Gasteiger partial charge in [-0.2, -0.15) is 0 Å². The van der Waals surface area contributed by atoms with Gasteiger partial charge in [0.05, 0.1) is 0 Å². The first-order valence-electron chi connectivity index (χ1n) is 10.9. The Labute approximate surface area is 182 Å². The molecule has 0 unspecified atom stereocenters. The summed E-state index contributed by atoms with van der Waals surface area (Å²) in [5.74, 6) is -0.0169. The fourth-order valence-corrected chi connectivity index (χ4v) is 4.80. The second-order valence-corrected chi connectivity index (χ2v) is 9.38. The maximum atomic E-state index is 12.7. The van der Waals surface area contributed by atoms with E-state index in [4.69, 9.17) is 0 Å². The molecule has 0 radical (unpaired) electrons. The summed E-state index contributed by atoms with van der Waals surface area (Å²) in [6.45, 7) is 4.66. The van der Waals surface area contributed by atoms with Crippen LogP contribution in [0.25, 0.3) is 11.1 Å². The molecule has 0 aromatic heterocycles. The van der Waals surface area contributed by atoms with E-state index in [1.807, 2.05) is 41.3 Å². The molecule has 2 heterocycles. The lowest BCUT2D eigenvalue weighted by Crippen LogP contribution is -2.43. The summed E-state index contributed by atoms with van der Waals surface area (Å²) in [6, 6.07) is 14.3. The zero-order chi connectivity index (χ0) is 21.9. The van der Waals surface area contributed by atoms with Crippen LogP contribution in [0.2, 0.25) is 0 Å². The molecule has 5 rings (SSSR count). The molecule has 0 bridgehead atoms. The van der Waals surface area contributed by atoms with Gasteiger partial charge in [0.2, 0.25) is 0 Å². The van der Waals surface area contributed by atoms with E-state index in [-0.39, 0.29) is 17.8 Å². The molecule has 6 nitrogen and oxygen atoms in total. The minimum atomic E-state index is -0.844. The molecule has 3 aliphatic rings. The standard InChI is InChI=1S/C25H27N3O3/c1-25(2)23(30)26(3)24(31)28(25)14-16-7-9-17(10-8-16)18-11-12-21-19(13-18)15-27(22(21)29)20-5-4-6-20/h7-13,20H,4-6,14-15H2,1-3H3. The molecule has 2 aliphatic heterocycles. The normalized spacial score (nSPS) is 20.5. The third-order valence-corrected chi connectivity index (χ3v) is 7.10. The van der Waals surface area contributed by atoms with Gasteiger partial charge in [0, 0.05) is 31.7 Å². The van der Waals surface area contributed by atoms with Crippen LogP contribution >= 0.6 is 0 Å². The molecule has 4 amide bonds. The summed E-state index contributed by atoms with van der Waals surface area (Å²) >= 11 is 0. The van der Waals surface area contributed by atoms with E-state index in [0.29, 0.717) is 19.1 Å². The van der Waals surface area contributed by atoms with Gasteiger partial charge in [-0.25, -0.2) is 4.79 Å². The zero-order valence-electron chi connectivity index (χ0n) is 18.2. The van der Waals surface area contributed by atoms with Crippen molar-refractivity contribution < 1.29 is 14.4 Å². The van der Waals surface area contributed by atoms with Crippen molar-refractivity contribution in [3.63, 3.8) is 0 Å². The summed E-state index contributed by atoms with van der Waals surface area (Å²) < 4.78 is 0. The number of benzene rings is 2. The Morgan fingerprint density at radius 1 is 0.968 bits per heavy atom. The Morgan fingerprint density at radius 2 is 1.65 bits per heavy atom. The molecule has 0 atom stereocenters. The monoisotopic (exact) mass is 417 g/mol. The van der Waals surface area contributed by atoms with Crippen LogP contribution in [0, 0.1) is 0 Å². The third kappa shape index (κ3) is 3.04. The van der Waals surface area contributed by atoms with Crippen molar-refractivity contribution in [2.24, 2.45) is 0 Å². The number of carbonyl (C=O) groups is 3. The lowest BCUT2D eigenvalue weighted by molar-refractivity contribution is -0.131. The number of hydrogen-bond acceptors (Lipinski definition) is 3. The van der Waals surface area contributed by atoms with Gasteiger partial charge >= 0.3 is 6.03 Å². The third-order valence-electron chi connectivity index (χ3n) is 7.10. The van der Waals surface area contributed by atoms with E-state index < -0.39 is 5.54 Å². The van der Waals surface area contributed by atoms with E-state index in [1.165, 1.54) is 18.4 Å². The topological polar surface area (TPSA) is 60.9 Å². The van der Waals surface area contributed by atoms with E-state index >= 15 is 0 Å². The van der Waals surface area contributed by atoms with Gasteiger partial charge in [-0.15, -0.1) is 0 Å². The molecule has 2 aromatic rings. The van der Waals surface area contributed by atoms with Crippen LogP contribution in [0.4, 0.5) is 4.79 Å². The number of fused-ring (bicyclic) bond motifs is 1. The molecule has 0 spiro atoms. The molecular formula is C25H27N3O3. The average Bonchev–Trinajstić information content (AvgIpc) is 3.10. The number of likely N-dealkylation sites (N-methyl/N-ethyl adjacent to an activating group) is 1. The first-order chi connectivity index (χ1) is 14.8. The van der Waals surface area contributed by atoms with Gasteiger partial charge in [0.1, 0.15) is 5.54 Å². The number of hydrogen-bond donors (Lipinski definition) is 0. The van der Waals surface area contributed by atoms with Crippen molar-refractivity contribution in [3.8, 4) is 11.1 Å². The van der Waals surface area contributed by atoms with E-state index in [9.17, 15) is 14.4 Å². The molecule has 6 heteroatoms. The molecule has 31 heavy (non-hydrogen) atoms. The second kappa shape index (κ2) is 6.94. The number of imide groups is 1. The van der Waals surface area contributed by atoms with Crippen LogP contribution in [0.15, 0.2) is 42.5 Å². The van der Waals surface area contributed by atoms with Crippen molar-refractivity contribution in [1.29, 1.82) is 0 Å². The minimum Gasteiger partial charge on any atom is -0.331 e. The lowest BCUT2D eigenvalue weighted by atomic mass is 9.92. The van der Waals surface area contributed by atoms with E-state index in [0.717, 1.165) is 40.7 Å². The van der Waals surface area contributed by atoms with Crippen LogP contribution in [0.3, 0.4) is 0 Å². The van der Waals surface area contributed by atoms with Crippen molar-refractivity contribution >= 4 is 17.8 Å². The Morgan fingerprint density at radius 3 is 2.23 bits per heavy atom. The van der Waals surface area contributed by atoms with Crippen LogP contribution in [-0.2, 0) is 17.9 Å². The van der Waals surface area contributed by atoms with Crippen molar-refractivity contribution in [2.45, 2.75) is 57.8 Å². The smallest absolute Gasteiger partial charge is 0.327 e. The predicted molar refractivity (Wildman–Crippen MR) is 117 cm³/mol. The molecule has 2 aromatic carbocycles. The average molecular weight is 418 g/mol. The van der Waals surface area contributed by atoms with E-state index in [1.54, 1.807) is 18.7 Å². The Bertz CT molecular complexity index is 1090. The molecule has 1 saturated heterocycles. The zero-order valence-corrected chi connectivity index (χ0v) is 18.2. The number of carbonyl (C=O) groups excluding carboxylic acids is 3. The Kier molecular flexibility index (Phi) is 4.43. The number of nitrogens with zero attached hydrogens (tertiary/aromatic N) is 3. The van der Waals surface area contributed by atoms with Crippen molar-refractivity contribution in [3.05, 3.63) is 59.2 Å². The first kappa shape index (κ1) is 19.8. The number of amides is 4. The van der Waals surface area contributed by atoms with Crippen LogP contribution in [-0.4, -0.2) is 51.2 Å². The first-order valence-corrected chi connectivity index (χ1v) is 10.9. The molecule has 1 saturated carbocycles. The predicted octanol–water partition coefficient (Wildman–Crippen LogP) is 4.03. The van der Waals surface area contributed by atoms with Gasteiger partial charge in [-0.1, -0.05) is 30.3 Å². The van der Waals surface area contributed by atoms with Gasteiger partial charge in [-0.3, -0.25) is 14.5 Å². The summed E-state index contributed by atoms with van der Waals surface area (Å²) in [5.41, 5.74) is 4.21. The molecule has 0 N–H and O–H groups in total. The molecular weight excluding hydrogens is 390 g/mol. The fourth-order valence-electron chi connectivity index (χ4n) is 4.80. The van der Waals surface area contributed by atoms with Gasteiger partial charge in [0.15, 0.2) is 0 Å². The summed E-state index contributed by atoms with van der Waals surface area (Å²) in [6.07, 6.45) is 3.45. The summed E-state index contributed by atoms with van der Waals surface area (Å²) in [7, 11) is 1.53. The summed E-state index contributed by atoms with van der Waals surface area (Å²) in [5, 5.41) is 0. The van der Waals surface area contributed by atoms with Crippen LogP contribution in [0.1, 0.15) is 54.6 Å². The van der Waals surface area contributed by atoms with E-state index in [2.05, 4.69) is 6.07 Å². The second-order valence-electron chi connectivity index (χ2n) is 9.38. The number of urea groups is 1. The molecule has 160 valence electrons. The highest BCUT2D eigenvalue weighted by molar-refractivity contribution is 6.06. The Hall–Kier alpha value is -3.15. The highest BCUT2D eigenvalue weighted by atomic mass is 16.2. The lowest BCUT2D eigenvalue weighted by Gasteiger charge is -2.34. The van der Waals surface area contributed by atoms with Crippen molar-refractivity contribution in [2.75, 3.05) is 7.05 Å². The minimum absolute atomic E-state index is 0.166.